The van der Waals surface area contributed by atoms with Crippen LogP contribution in [0, 0.1) is 0 Å². The molecule has 0 spiro atoms. The fraction of sp³-hybridized carbons (Fsp3) is 0.571. The summed E-state index contributed by atoms with van der Waals surface area (Å²) in [5.74, 6) is 0. The molecular formula is C7H14NS2Si+. The number of hydrogen-bond donors (Lipinski definition) is 0. The maximum absolute atomic E-state index is 2.45. The van der Waals surface area contributed by atoms with Gasteiger partial charge in [-0.25, -0.2) is 0 Å². The van der Waals surface area contributed by atoms with Gasteiger partial charge in [-0.1, -0.05) is 23.1 Å². The van der Waals surface area contributed by atoms with E-state index in [1.165, 1.54) is 4.34 Å². The van der Waals surface area contributed by atoms with Gasteiger partial charge in [0, 0.05) is 0 Å². The van der Waals surface area contributed by atoms with Crippen molar-refractivity contribution in [1.29, 1.82) is 0 Å². The van der Waals surface area contributed by atoms with Crippen LogP contribution >= 0.6 is 23.1 Å². The van der Waals surface area contributed by atoms with E-state index in [4.69, 9.17) is 0 Å². The molecule has 0 aliphatic heterocycles. The first kappa shape index (κ1) is 9.29. The van der Waals surface area contributed by atoms with Crippen molar-refractivity contribution in [2.24, 2.45) is 0 Å². The molecule has 1 heterocycles. The van der Waals surface area contributed by atoms with E-state index >= 15 is 0 Å². The van der Waals surface area contributed by atoms with Gasteiger partial charge in [0.1, 0.15) is 0 Å². The second kappa shape index (κ2) is 3.29. The quantitative estimate of drug-likeness (QED) is 0.529. The number of rotatable bonds is 2. The Morgan fingerprint density at radius 2 is 2.09 bits per heavy atom. The molecule has 0 aromatic carbocycles. The van der Waals surface area contributed by atoms with E-state index in [0.717, 1.165) is 0 Å². The summed E-state index contributed by atoms with van der Waals surface area (Å²) >= 11 is 3.68. The average molecular weight is 204 g/mol. The highest BCUT2D eigenvalue weighted by molar-refractivity contribution is 8.00. The Morgan fingerprint density at radius 1 is 1.45 bits per heavy atom. The van der Waals surface area contributed by atoms with Crippen molar-refractivity contribution < 1.29 is 4.23 Å². The van der Waals surface area contributed by atoms with E-state index in [1.54, 1.807) is 0 Å². The molecule has 0 aliphatic rings. The summed E-state index contributed by atoms with van der Waals surface area (Å²) < 4.78 is 3.88. The minimum absolute atomic E-state index is 1.14. The van der Waals surface area contributed by atoms with Gasteiger partial charge in [-0.2, -0.15) is 0 Å². The molecule has 0 bridgehead atoms. The number of nitrogens with zero attached hydrogens (tertiary/aromatic N) is 1. The molecule has 0 aliphatic carbocycles. The molecule has 0 unspecified atom stereocenters. The third kappa shape index (κ3) is 2.07. The van der Waals surface area contributed by atoms with Gasteiger partial charge in [0.2, 0.25) is 0 Å². The lowest BCUT2D eigenvalue weighted by Gasteiger charge is -2.07. The summed E-state index contributed by atoms with van der Waals surface area (Å²) in [6, 6.07) is 0. The minimum atomic E-state index is -1.14. The smallest absolute Gasteiger partial charge is 0.258 e. The number of hydrogen-bond acceptors (Lipinski definition) is 2. The Labute approximate surface area is 77.5 Å². The van der Waals surface area contributed by atoms with Crippen molar-refractivity contribution in [3.63, 3.8) is 0 Å². The van der Waals surface area contributed by atoms with Gasteiger partial charge in [-0.3, -0.25) is 4.23 Å². The molecule has 1 aromatic rings. The van der Waals surface area contributed by atoms with Gasteiger partial charge in [0.05, 0.1) is 5.38 Å². The van der Waals surface area contributed by atoms with E-state index in [1.807, 2.05) is 23.1 Å². The van der Waals surface area contributed by atoms with Crippen molar-refractivity contribution in [2.75, 3.05) is 6.26 Å². The Hall–Kier alpha value is 0.197. The molecule has 0 N–H and O–H groups in total. The van der Waals surface area contributed by atoms with Crippen LogP contribution in [0.3, 0.4) is 0 Å². The molecule has 0 amide bonds. The molecule has 1 nitrogen and oxygen atoms in total. The standard InChI is InChI=1S/C7H14NS2Si/c1-9-7-8(5-6-10-7)11(2,3)4/h5-6H,1-4H3/q+1. The van der Waals surface area contributed by atoms with Crippen LogP contribution in [-0.4, -0.2) is 14.5 Å². The van der Waals surface area contributed by atoms with Crippen LogP contribution in [0.4, 0.5) is 0 Å². The van der Waals surface area contributed by atoms with Crippen LogP contribution in [0.1, 0.15) is 0 Å². The monoisotopic (exact) mass is 204 g/mol. The topological polar surface area (TPSA) is 3.88 Å². The zero-order valence-corrected chi connectivity index (χ0v) is 10.1. The highest BCUT2D eigenvalue weighted by Crippen LogP contribution is 2.17. The number of thiazole rings is 1. The van der Waals surface area contributed by atoms with Crippen molar-refractivity contribution in [1.82, 2.24) is 0 Å². The molecule has 0 atom stereocenters. The van der Waals surface area contributed by atoms with Gasteiger partial charge < -0.3 is 0 Å². The second-order valence-electron chi connectivity index (χ2n) is 3.41. The maximum Gasteiger partial charge on any atom is 0.356 e. The first-order chi connectivity index (χ1) is 5.05. The molecule has 1 rings (SSSR count). The fourth-order valence-electron chi connectivity index (χ4n) is 0.911. The summed E-state index contributed by atoms with van der Waals surface area (Å²) in [5.41, 5.74) is 0. The number of aromatic nitrogens is 1. The van der Waals surface area contributed by atoms with E-state index in [9.17, 15) is 0 Å². The first-order valence-electron chi connectivity index (χ1n) is 3.59. The van der Waals surface area contributed by atoms with Gasteiger partial charge in [0.25, 0.3) is 4.34 Å². The summed E-state index contributed by atoms with van der Waals surface area (Å²) in [7, 11) is -1.14. The highest BCUT2D eigenvalue weighted by atomic mass is 32.2. The lowest BCUT2D eigenvalue weighted by molar-refractivity contribution is -0.579. The summed E-state index contributed by atoms with van der Waals surface area (Å²) in [6.45, 7) is 7.08. The molecule has 4 heteroatoms. The Kier molecular flexibility index (Phi) is 2.78. The third-order valence-electron chi connectivity index (χ3n) is 1.47. The van der Waals surface area contributed by atoms with Crippen LogP contribution in [-0.2, 0) is 0 Å². The predicted octanol–water partition coefficient (Wildman–Crippen LogP) is 2.44. The average Bonchev–Trinajstić information content (AvgIpc) is 2.31. The first-order valence-corrected chi connectivity index (χ1v) is 9.14. The normalized spacial score (nSPS) is 12.0. The van der Waals surface area contributed by atoms with E-state index in [-0.39, 0.29) is 0 Å². The van der Waals surface area contributed by atoms with Crippen molar-refractivity contribution in [3.8, 4) is 0 Å². The lowest BCUT2D eigenvalue weighted by atomic mass is 11.0. The summed E-state index contributed by atoms with van der Waals surface area (Å²) in [6.07, 6.45) is 4.35. The van der Waals surface area contributed by atoms with Gasteiger partial charge in [-0.15, -0.1) is 0 Å². The molecule has 62 valence electrons. The van der Waals surface area contributed by atoms with Gasteiger partial charge in [0.15, 0.2) is 6.20 Å². The molecule has 11 heavy (non-hydrogen) atoms. The zero-order valence-electron chi connectivity index (χ0n) is 7.42. The van der Waals surface area contributed by atoms with Crippen LogP contribution in [0.5, 0.6) is 0 Å². The van der Waals surface area contributed by atoms with Gasteiger partial charge in [-0.05, 0) is 25.9 Å². The Bertz CT molecular complexity index is 239. The molecule has 0 radical (unpaired) electrons. The van der Waals surface area contributed by atoms with Crippen LogP contribution in [0.25, 0.3) is 0 Å². The van der Waals surface area contributed by atoms with Crippen LogP contribution in [0.2, 0.25) is 19.6 Å². The predicted molar refractivity (Wildman–Crippen MR) is 55.0 cm³/mol. The van der Waals surface area contributed by atoms with Crippen molar-refractivity contribution in [2.45, 2.75) is 24.0 Å². The maximum atomic E-state index is 2.45. The Morgan fingerprint density at radius 3 is 2.45 bits per heavy atom. The summed E-state index contributed by atoms with van der Waals surface area (Å²) in [4.78, 5) is 0. The third-order valence-corrected chi connectivity index (χ3v) is 5.61. The largest absolute Gasteiger partial charge is 0.356 e. The zero-order chi connectivity index (χ0) is 8.48. The minimum Gasteiger partial charge on any atom is -0.258 e. The van der Waals surface area contributed by atoms with E-state index < -0.39 is 8.24 Å². The second-order valence-corrected chi connectivity index (χ2v) is 10.2. The van der Waals surface area contributed by atoms with Crippen LogP contribution in [0.15, 0.2) is 15.9 Å². The molecule has 0 saturated carbocycles. The van der Waals surface area contributed by atoms with Crippen molar-refractivity contribution >= 4 is 31.3 Å². The number of thioether (sulfide) groups is 1. The lowest BCUT2D eigenvalue weighted by Crippen LogP contribution is -2.57. The molecule has 0 saturated heterocycles. The Balaban J connectivity index is 3.02. The SMILES string of the molecule is CSc1scc[n+]1[Si](C)(C)C. The van der Waals surface area contributed by atoms with E-state index in [2.05, 4.69) is 41.7 Å². The van der Waals surface area contributed by atoms with E-state index in [0.29, 0.717) is 0 Å². The van der Waals surface area contributed by atoms with Crippen LogP contribution < -0.4 is 4.23 Å². The summed E-state index contributed by atoms with van der Waals surface area (Å²) in [5, 5.41) is 2.17. The molecular weight excluding hydrogens is 190 g/mol. The highest BCUT2D eigenvalue weighted by Gasteiger charge is 2.31. The molecule has 1 aromatic heterocycles. The molecule has 0 fully saturated rings. The van der Waals surface area contributed by atoms with Crippen molar-refractivity contribution in [3.05, 3.63) is 11.6 Å². The van der Waals surface area contributed by atoms with Gasteiger partial charge >= 0.3 is 8.24 Å². The fourth-order valence-corrected chi connectivity index (χ4v) is 5.45.